The lowest BCUT2D eigenvalue weighted by molar-refractivity contribution is -0.129. The number of rotatable bonds is 9. The summed E-state index contributed by atoms with van der Waals surface area (Å²) in [6.45, 7) is 5.56. The van der Waals surface area contributed by atoms with Gasteiger partial charge in [-0.15, -0.1) is 0 Å². The van der Waals surface area contributed by atoms with E-state index < -0.39 is 0 Å². The van der Waals surface area contributed by atoms with Gasteiger partial charge in [-0.05, 0) is 12.3 Å². The Labute approximate surface area is 81.7 Å². The predicted octanol–water partition coefficient (Wildman–Crippen LogP) is 3.16. The molecule has 0 aliphatic heterocycles. The molecule has 0 N–H and O–H groups in total. The Hall–Kier alpha value is -0.530. The summed E-state index contributed by atoms with van der Waals surface area (Å²) in [7, 11) is 0. The van der Waals surface area contributed by atoms with E-state index in [0.29, 0.717) is 19.0 Å². The van der Waals surface area contributed by atoms with Gasteiger partial charge in [0.05, 0.1) is 6.61 Å². The summed E-state index contributed by atoms with van der Waals surface area (Å²) < 4.78 is 4.65. The lowest BCUT2D eigenvalue weighted by Crippen LogP contribution is -2.01. The Morgan fingerprint density at radius 1 is 1.23 bits per heavy atom. The maximum Gasteiger partial charge on any atom is 0.293 e. The van der Waals surface area contributed by atoms with Crippen molar-refractivity contribution in [2.24, 2.45) is 5.92 Å². The molecule has 0 rings (SSSR count). The molecule has 0 fully saturated rings. The molecule has 2 heteroatoms. The van der Waals surface area contributed by atoms with Crippen LogP contribution in [0.1, 0.15) is 52.4 Å². The smallest absolute Gasteiger partial charge is 0.293 e. The number of hydrogen-bond donors (Lipinski definition) is 0. The van der Waals surface area contributed by atoms with Crippen LogP contribution in [0.15, 0.2) is 0 Å². The molecule has 13 heavy (non-hydrogen) atoms. The van der Waals surface area contributed by atoms with E-state index in [-0.39, 0.29) is 0 Å². The minimum atomic E-state index is 0.532. The molecule has 0 saturated heterocycles. The summed E-state index contributed by atoms with van der Waals surface area (Å²) in [4.78, 5) is 9.86. The highest BCUT2D eigenvalue weighted by Crippen LogP contribution is 2.13. The molecule has 0 heterocycles. The monoisotopic (exact) mass is 186 g/mol. The molecule has 1 atom stereocenters. The molecule has 1 unspecified atom stereocenters. The molecule has 0 aromatic rings. The summed E-state index contributed by atoms with van der Waals surface area (Å²) in [5, 5.41) is 0. The fourth-order valence-corrected chi connectivity index (χ4v) is 1.38. The minimum Gasteiger partial charge on any atom is -0.468 e. The number of carbonyl (C=O) groups excluding carboxylic acids is 1. The van der Waals surface area contributed by atoms with Crippen molar-refractivity contribution in [2.45, 2.75) is 52.4 Å². The topological polar surface area (TPSA) is 26.3 Å². The van der Waals surface area contributed by atoms with E-state index in [1.165, 1.54) is 32.1 Å². The first-order valence-corrected chi connectivity index (χ1v) is 5.36. The van der Waals surface area contributed by atoms with E-state index in [1.807, 2.05) is 0 Å². The Balaban J connectivity index is 3.09. The third kappa shape index (κ3) is 9.38. The van der Waals surface area contributed by atoms with E-state index in [9.17, 15) is 4.79 Å². The van der Waals surface area contributed by atoms with E-state index in [4.69, 9.17) is 0 Å². The molecule has 78 valence electrons. The summed E-state index contributed by atoms with van der Waals surface area (Å²) in [5.74, 6) is 0.691. The van der Waals surface area contributed by atoms with Crippen molar-refractivity contribution in [1.29, 1.82) is 0 Å². The van der Waals surface area contributed by atoms with Crippen LogP contribution < -0.4 is 0 Å². The second-order valence-electron chi connectivity index (χ2n) is 3.71. The SMILES string of the molecule is CCCCCCC(C)CCOC=O. The fourth-order valence-electron chi connectivity index (χ4n) is 1.38. The van der Waals surface area contributed by atoms with Crippen LogP contribution in [0.25, 0.3) is 0 Å². The summed E-state index contributed by atoms with van der Waals surface area (Å²) >= 11 is 0. The number of ether oxygens (including phenoxy) is 1. The summed E-state index contributed by atoms with van der Waals surface area (Å²) in [6.07, 6.45) is 7.57. The van der Waals surface area contributed by atoms with Crippen molar-refractivity contribution in [3.8, 4) is 0 Å². The van der Waals surface area contributed by atoms with Crippen molar-refractivity contribution in [1.82, 2.24) is 0 Å². The molecule has 2 nitrogen and oxygen atoms in total. The third-order valence-corrected chi connectivity index (χ3v) is 2.35. The van der Waals surface area contributed by atoms with Crippen molar-refractivity contribution >= 4 is 6.47 Å². The standard InChI is InChI=1S/C11H22O2/c1-3-4-5-6-7-11(2)8-9-13-10-12/h10-11H,3-9H2,1-2H3. The highest BCUT2D eigenvalue weighted by Gasteiger charge is 2.01. The average molecular weight is 186 g/mol. The second kappa shape index (κ2) is 9.56. The Kier molecular flexibility index (Phi) is 9.17. The molecular formula is C11H22O2. The molecule has 0 radical (unpaired) electrons. The van der Waals surface area contributed by atoms with Crippen LogP contribution in [0.3, 0.4) is 0 Å². The van der Waals surface area contributed by atoms with Gasteiger partial charge >= 0.3 is 0 Å². The van der Waals surface area contributed by atoms with Gasteiger partial charge in [-0.2, -0.15) is 0 Å². The zero-order chi connectivity index (χ0) is 9.94. The van der Waals surface area contributed by atoms with Crippen molar-refractivity contribution in [3.63, 3.8) is 0 Å². The van der Waals surface area contributed by atoms with Crippen LogP contribution in [0.2, 0.25) is 0 Å². The first kappa shape index (κ1) is 12.5. The van der Waals surface area contributed by atoms with Crippen molar-refractivity contribution in [2.75, 3.05) is 6.61 Å². The highest BCUT2D eigenvalue weighted by atomic mass is 16.5. The van der Waals surface area contributed by atoms with Gasteiger partial charge in [0.25, 0.3) is 6.47 Å². The molecule has 0 amide bonds. The van der Waals surface area contributed by atoms with Crippen molar-refractivity contribution < 1.29 is 9.53 Å². The predicted molar refractivity (Wildman–Crippen MR) is 54.6 cm³/mol. The van der Waals surface area contributed by atoms with Crippen LogP contribution in [0.5, 0.6) is 0 Å². The zero-order valence-electron chi connectivity index (χ0n) is 8.92. The summed E-state index contributed by atoms with van der Waals surface area (Å²) in [5.41, 5.74) is 0. The number of hydrogen-bond acceptors (Lipinski definition) is 2. The van der Waals surface area contributed by atoms with Crippen LogP contribution >= 0.6 is 0 Å². The van der Waals surface area contributed by atoms with Crippen LogP contribution in [-0.4, -0.2) is 13.1 Å². The summed E-state index contributed by atoms with van der Waals surface area (Å²) in [6, 6.07) is 0. The van der Waals surface area contributed by atoms with Gasteiger partial charge < -0.3 is 4.74 Å². The van der Waals surface area contributed by atoms with Crippen LogP contribution in [-0.2, 0) is 9.53 Å². The lowest BCUT2D eigenvalue weighted by atomic mass is 10.00. The minimum absolute atomic E-state index is 0.532. The quantitative estimate of drug-likeness (QED) is 0.408. The Bertz CT molecular complexity index is 113. The molecule has 0 aromatic carbocycles. The molecule has 0 saturated carbocycles. The Morgan fingerprint density at radius 3 is 2.62 bits per heavy atom. The van der Waals surface area contributed by atoms with E-state index >= 15 is 0 Å². The van der Waals surface area contributed by atoms with E-state index in [0.717, 1.165) is 6.42 Å². The molecule has 0 aliphatic rings. The Morgan fingerprint density at radius 2 is 2.00 bits per heavy atom. The zero-order valence-corrected chi connectivity index (χ0v) is 8.92. The molecule has 0 bridgehead atoms. The van der Waals surface area contributed by atoms with Gasteiger partial charge in [0, 0.05) is 0 Å². The van der Waals surface area contributed by atoms with Crippen LogP contribution in [0.4, 0.5) is 0 Å². The van der Waals surface area contributed by atoms with Gasteiger partial charge in [-0.3, -0.25) is 4.79 Å². The van der Waals surface area contributed by atoms with Gasteiger partial charge in [0.1, 0.15) is 0 Å². The normalized spacial score (nSPS) is 12.5. The second-order valence-corrected chi connectivity index (χ2v) is 3.71. The van der Waals surface area contributed by atoms with Gasteiger partial charge in [-0.25, -0.2) is 0 Å². The first-order valence-electron chi connectivity index (χ1n) is 5.36. The molecule has 0 spiro atoms. The van der Waals surface area contributed by atoms with Crippen LogP contribution in [0, 0.1) is 5.92 Å². The largest absolute Gasteiger partial charge is 0.468 e. The fraction of sp³-hybridized carbons (Fsp3) is 0.909. The maximum atomic E-state index is 9.86. The molecular weight excluding hydrogens is 164 g/mol. The van der Waals surface area contributed by atoms with Gasteiger partial charge in [0.15, 0.2) is 0 Å². The first-order chi connectivity index (χ1) is 6.31. The number of unbranched alkanes of at least 4 members (excludes halogenated alkanes) is 3. The van der Waals surface area contributed by atoms with Crippen molar-refractivity contribution in [3.05, 3.63) is 0 Å². The lowest BCUT2D eigenvalue weighted by Gasteiger charge is -2.09. The molecule has 0 aliphatic carbocycles. The number of carbonyl (C=O) groups is 1. The maximum absolute atomic E-state index is 9.86. The molecule has 0 aromatic heterocycles. The third-order valence-electron chi connectivity index (χ3n) is 2.35. The van der Waals surface area contributed by atoms with Gasteiger partial charge in [-0.1, -0.05) is 46.0 Å². The van der Waals surface area contributed by atoms with E-state index in [2.05, 4.69) is 18.6 Å². The average Bonchev–Trinajstić information content (AvgIpc) is 2.13. The highest BCUT2D eigenvalue weighted by molar-refractivity contribution is 5.36. The van der Waals surface area contributed by atoms with E-state index in [1.54, 1.807) is 0 Å². The van der Waals surface area contributed by atoms with Gasteiger partial charge in [0.2, 0.25) is 0 Å².